The quantitative estimate of drug-likeness (QED) is 0.135. The Morgan fingerprint density at radius 1 is 1.06 bits per heavy atom. The number of nitrogens with two attached hydrogens (primary N) is 2. The van der Waals surface area contributed by atoms with E-state index >= 15 is 0 Å². The van der Waals surface area contributed by atoms with Crippen LogP contribution in [0.5, 0.6) is 0 Å². The standard InChI is InChI=1S/C20H33N7O7/c1-4-9(2)15(26-17(30)12(21)6-14(22)29)19(32)25-13(5-11-7-23-8-24-11)18(31)27-16(10(3)28)20(33)34/h7-10,12-13,15-16,28H,4-6,21H2,1-3H3,(H2,22,29)(H,23,24)(H,25,32)(H,26,30)(H,27,31)(H,33,34). The Morgan fingerprint density at radius 2 is 1.68 bits per heavy atom. The molecule has 190 valence electrons. The summed E-state index contributed by atoms with van der Waals surface area (Å²) < 4.78 is 0. The van der Waals surface area contributed by atoms with Crippen LogP contribution in [0.1, 0.15) is 39.3 Å². The lowest BCUT2D eigenvalue weighted by Gasteiger charge is -2.28. The number of carbonyl (C=O) groups excluding carboxylic acids is 4. The number of nitrogens with zero attached hydrogens (tertiary/aromatic N) is 1. The zero-order valence-electron chi connectivity index (χ0n) is 19.3. The molecular weight excluding hydrogens is 450 g/mol. The lowest BCUT2D eigenvalue weighted by atomic mass is 9.97. The van der Waals surface area contributed by atoms with Crippen LogP contribution >= 0.6 is 0 Å². The molecule has 0 aliphatic carbocycles. The molecule has 0 saturated heterocycles. The van der Waals surface area contributed by atoms with Crippen molar-refractivity contribution >= 4 is 29.6 Å². The number of H-pyrrole nitrogens is 1. The zero-order valence-corrected chi connectivity index (χ0v) is 19.3. The van der Waals surface area contributed by atoms with Crippen molar-refractivity contribution in [3.8, 4) is 0 Å². The second kappa shape index (κ2) is 13.3. The molecule has 4 amide bonds. The number of aliphatic hydroxyl groups is 1. The minimum absolute atomic E-state index is 0.0773. The van der Waals surface area contributed by atoms with E-state index in [0.29, 0.717) is 12.1 Å². The van der Waals surface area contributed by atoms with Gasteiger partial charge in [-0.2, -0.15) is 0 Å². The van der Waals surface area contributed by atoms with Gasteiger partial charge in [-0.05, 0) is 12.8 Å². The van der Waals surface area contributed by atoms with Gasteiger partial charge in [-0.1, -0.05) is 20.3 Å². The maximum Gasteiger partial charge on any atom is 0.328 e. The monoisotopic (exact) mass is 483 g/mol. The highest BCUT2D eigenvalue weighted by atomic mass is 16.4. The molecule has 1 rings (SSSR count). The van der Waals surface area contributed by atoms with E-state index in [2.05, 4.69) is 25.9 Å². The van der Waals surface area contributed by atoms with Crippen molar-refractivity contribution in [2.75, 3.05) is 0 Å². The van der Waals surface area contributed by atoms with Gasteiger partial charge >= 0.3 is 5.97 Å². The number of rotatable bonds is 14. The van der Waals surface area contributed by atoms with Gasteiger partial charge in [0.15, 0.2) is 6.04 Å². The van der Waals surface area contributed by atoms with Gasteiger partial charge in [0.2, 0.25) is 23.6 Å². The maximum absolute atomic E-state index is 13.1. The Labute approximate surface area is 196 Å². The highest BCUT2D eigenvalue weighted by Gasteiger charge is 2.33. The molecule has 14 heteroatoms. The van der Waals surface area contributed by atoms with Crippen molar-refractivity contribution in [2.24, 2.45) is 17.4 Å². The van der Waals surface area contributed by atoms with E-state index in [4.69, 9.17) is 11.5 Å². The van der Waals surface area contributed by atoms with Gasteiger partial charge in [-0.15, -0.1) is 0 Å². The van der Waals surface area contributed by atoms with Gasteiger partial charge in [0, 0.05) is 18.3 Å². The predicted octanol–water partition coefficient (Wildman–Crippen LogP) is -2.88. The summed E-state index contributed by atoms with van der Waals surface area (Å²) in [5, 5.41) is 26.1. The molecule has 1 aromatic heterocycles. The van der Waals surface area contributed by atoms with Crippen LogP contribution in [0.3, 0.4) is 0 Å². The normalized spacial score (nSPS) is 16.3. The van der Waals surface area contributed by atoms with Crippen molar-refractivity contribution in [1.82, 2.24) is 25.9 Å². The van der Waals surface area contributed by atoms with Crippen molar-refractivity contribution < 1.29 is 34.2 Å². The highest BCUT2D eigenvalue weighted by molar-refractivity contribution is 5.95. The topological polar surface area (TPSA) is 243 Å². The van der Waals surface area contributed by atoms with Gasteiger partial charge < -0.3 is 42.6 Å². The van der Waals surface area contributed by atoms with Crippen molar-refractivity contribution in [2.45, 2.75) is 70.3 Å². The molecule has 1 aromatic rings. The van der Waals surface area contributed by atoms with Gasteiger partial charge in [0.25, 0.3) is 0 Å². The maximum atomic E-state index is 13.1. The number of imidazole rings is 1. The number of aromatic nitrogens is 2. The van der Waals surface area contributed by atoms with E-state index in [1.54, 1.807) is 13.8 Å². The molecule has 0 bridgehead atoms. The molecule has 0 radical (unpaired) electrons. The van der Waals surface area contributed by atoms with E-state index in [1.807, 2.05) is 0 Å². The third-order valence-corrected chi connectivity index (χ3v) is 5.21. The average Bonchev–Trinajstić information content (AvgIpc) is 3.26. The Bertz CT molecular complexity index is 859. The van der Waals surface area contributed by atoms with Crippen molar-refractivity contribution in [1.29, 1.82) is 0 Å². The number of aliphatic hydroxyl groups excluding tert-OH is 1. The smallest absolute Gasteiger partial charge is 0.328 e. The van der Waals surface area contributed by atoms with Crippen LogP contribution in [-0.4, -0.2) is 80.1 Å². The average molecular weight is 484 g/mol. The molecule has 0 aromatic carbocycles. The lowest BCUT2D eigenvalue weighted by molar-refractivity contribution is -0.145. The SMILES string of the molecule is CCC(C)C(NC(=O)C(N)CC(N)=O)C(=O)NC(Cc1cnc[nH]1)C(=O)NC(C(=O)O)C(C)O. The number of hydrogen-bond donors (Lipinski definition) is 8. The third-order valence-electron chi connectivity index (χ3n) is 5.21. The van der Waals surface area contributed by atoms with Crippen molar-refractivity contribution in [3.63, 3.8) is 0 Å². The Hall–Kier alpha value is -3.52. The number of amides is 4. The first-order valence-electron chi connectivity index (χ1n) is 10.7. The third kappa shape index (κ3) is 8.78. The number of aromatic amines is 1. The van der Waals surface area contributed by atoms with Crippen molar-refractivity contribution in [3.05, 3.63) is 18.2 Å². The van der Waals surface area contributed by atoms with E-state index in [9.17, 15) is 34.2 Å². The molecule has 14 nitrogen and oxygen atoms in total. The summed E-state index contributed by atoms with van der Waals surface area (Å²) in [6, 6.07) is -5.24. The van der Waals surface area contributed by atoms with E-state index in [-0.39, 0.29) is 12.3 Å². The van der Waals surface area contributed by atoms with Gasteiger partial charge in [0.1, 0.15) is 12.1 Å². The minimum Gasteiger partial charge on any atom is -0.480 e. The second-order valence-corrected chi connectivity index (χ2v) is 8.06. The van der Waals surface area contributed by atoms with Crippen LogP contribution in [-0.2, 0) is 30.4 Å². The first kappa shape index (κ1) is 28.5. The largest absolute Gasteiger partial charge is 0.480 e. The van der Waals surface area contributed by atoms with Gasteiger partial charge in [0.05, 0.1) is 24.9 Å². The van der Waals surface area contributed by atoms with Crippen LogP contribution in [0.4, 0.5) is 0 Å². The summed E-state index contributed by atoms with van der Waals surface area (Å²) in [7, 11) is 0. The first-order valence-corrected chi connectivity index (χ1v) is 10.7. The fourth-order valence-corrected chi connectivity index (χ4v) is 3.00. The van der Waals surface area contributed by atoms with Crippen LogP contribution < -0.4 is 27.4 Å². The summed E-state index contributed by atoms with van der Waals surface area (Å²) in [5.41, 5.74) is 11.2. The number of nitrogens with one attached hydrogen (secondary N) is 4. The van der Waals surface area contributed by atoms with E-state index in [0.717, 1.165) is 0 Å². The fraction of sp³-hybridized carbons (Fsp3) is 0.600. The molecule has 10 N–H and O–H groups in total. The van der Waals surface area contributed by atoms with Gasteiger partial charge in [-0.3, -0.25) is 19.2 Å². The molecule has 0 fully saturated rings. The Morgan fingerprint density at radius 3 is 2.15 bits per heavy atom. The number of carboxylic acid groups (broad SMARTS) is 1. The number of primary amides is 1. The van der Waals surface area contributed by atoms with E-state index in [1.165, 1.54) is 19.4 Å². The fourth-order valence-electron chi connectivity index (χ4n) is 3.00. The summed E-state index contributed by atoms with van der Waals surface area (Å²) in [4.78, 5) is 67.4. The van der Waals surface area contributed by atoms with Crippen LogP contribution in [0.25, 0.3) is 0 Å². The molecule has 0 spiro atoms. The Balaban J connectivity index is 3.09. The summed E-state index contributed by atoms with van der Waals surface area (Å²) in [5.74, 6) is -4.98. The van der Waals surface area contributed by atoms with E-state index < -0.39 is 66.3 Å². The number of carboxylic acids is 1. The summed E-state index contributed by atoms with van der Waals surface area (Å²) in [6.45, 7) is 4.68. The highest BCUT2D eigenvalue weighted by Crippen LogP contribution is 2.10. The zero-order chi connectivity index (χ0) is 26.0. The first-order chi connectivity index (χ1) is 15.9. The molecule has 0 aliphatic rings. The lowest BCUT2D eigenvalue weighted by Crippen LogP contribution is -2.60. The summed E-state index contributed by atoms with van der Waals surface area (Å²) >= 11 is 0. The molecular formula is C20H33N7O7. The number of aliphatic carboxylic acids is 1. The van der Waals surface area contributed by atoms with Gasteiger partial charge in [-0.25, -0.2) is 9.78 Å². The number of hydrogen-bond acceptors (Lipinski definition) is 8. The molecule has 34 heavy (non-hydrogen) atoms. The molecule has 6 atom stereocenters. The minimum atomic E-state index is -1.61. The van der Waals surface area contributed by atoms with Crippen LogP contribution in [0.15, 0.2) is 12.5 Å². The van der Waals surface area contributed by atoms with Crippen LogP contribution in [0.2, 0.25) is 0 Å². The molecule has 1 heterocycles. The summed E-state index contributed by atoms with van der Waals surface area (Å²) in [6.07, 6.45) is 1.37. The number of carbonyl (C=O) groups is 5. The predicted molar refractivity (Wildman–Crippen MR) is 119 cm³/mol. The molecule has 6 unspecified atom stereocenters. The van der Waals surface area contributed by atoms with Crippen LogP contribution in [0, 0.1) is 5.92 Å². The molecule has 0 saturated carbocycles. The molecule has 0 aliphatic heterocycles. The second-order valence-electron chi connectivity index (χ2n) is 8.06. The Kier molecular flexibility index (Phi) is 11.1.